The minimum Gasteiger partial charge on any atom is -0.354 e. The number of hydrogen-bond donors (Lipinski definition) is 0. The van der Waals surface area contributed by atoms with Crippen molar-refractivity contribution in [2.45, 2.75) is 20.3 Å². The van der Waals surface area contributed by atoms with Gasteiger partial charge in [-0.15, -0.1) is 0 Å². The highest BCUT2D eigenvalue weighted by Crippen LogP contribution is 2.25. The van der Waals surface area contributed by atoms with E-state index in [0.717, 1.165) is 35.6 Å². The second kappa shape index (κ2) is 8.57. The molecule has 0 spiro atoms. The average molecular weight is 405 g/mol. The van der Waals surface area contributed by atoms with Crippen molar-refractivity contribution in [1.29, 1.82) is 0 Å². The number of nitrogens with zero attached hydrogens (tertiary/aromatic N) is 5. The Kier molecular flexibility index (Phi) is 5.70. The van der Waals surface area contributed by atoms with Crippen LogP contribution in [0.15, 0.2) is 48.8 Å². The first-order valence-corrected chi connectivity index (χ1v) is 10.1. The zero-order valence-corrected chi connectivity index (χ0v) is 17.2. The summed E-state index contributed by atoms with van der Waals surface area (Å²) in [7, 11) is 0. The molecule has 0 bridgehead atoms. The van der Waals surface area contributed by atoms with E-state index in [0.29, 0.717) is 31.0 Å². The summed E-state index contributed by atoms with van der Waals surface area (Å²) in [6, 6.07) is 9.69. The number of benzene rings is 1. The zero-order valence-electron chi connectivity index (χ0n) is 17.2. The maximum absolute atomic E-state index is 13.5. The van der Waals surface area contributed by atoms with Crippen LogP contribution in [-0.2, 0) is 0 Å². The van der Waals surface area contributed by atoms with Crippen LogP contribution < -0.4 is 4.90 Å². The van der Waals surface area contributed by atoms with Crippen molar-refractivity contribution in [2.75, 3.05) is 31.1 Å². The lowest BCUT2D eigenvalue weighted by atomic mass is 10.2. The van der Waals surface area contributed by atoms with Crippen LogP contribution >= 0.6 is 0 Å². The predicted molar refractivity (Wildman–Crippen MR) is 114 cm³/mol. The Bertz CT molecular complexity index is 1060. The van der Waals surface area contributed by atoms with E-state index in [9.17, 15) is 9.18 Å². The molecule has 0 saturated carbocycles. The van der Waals surface area contributed by atoms with Crippen LogP contribution in [-0.4, -0.2) is 51.9 Å². The number of pyridine rings is 1. The molecule has 1 aliphatic heterocycles. The lowest BCUT2D eigenvalue weighted by Crippen LogP contribution is -2.35. The Morgan fingerprint density at radius 2 is 1.90 bits per heavy atom. The molecule has 2 aromatic heterocycles. The first kappa shape index (κ1) is 19.9. The number of anilines is 1. The van der Waals surface area contributed by atoms with Crippen LogP contribution in [0, 0.1) is 19.7 Å². The molecular weight excluding hydrogens is 381 g/mol. The molecule has 6 nitrogen and oxygen atoms in total. The maximum atomic E-state index is 13.5. The van der Waals surface area contributed by atoms with Gasteiger partial charge in [0.2, 0.25) is 0 Å². The van der Waals surface area contributed by atoms with Crippen molar-refractivity contribution in [3.63, 3.8) is 0 Å². The number of carbonyl (C=O) groups excluding carboxylic acids is 1. The number of halogens is 1. The fourth-order valence-corrected chi connectivity index (χ4v) is 3.68. The largest absolute Gasteiger partial charge is 0.354 e. The molecule has 3 heterocycles. The summed E-state index contributed by atoms with van der Waals surface area (Å²) in [5, 5.41) is 0. The molecule has 30 heavy (non-hydrogen) atoms. The molecule has 0 aliphatic carbocycles. The first-order valence-electron chi connectivity index (χ1n) is 10.1. The summed E-state index contributed by atoms with van der Waals surface area (Å²) >= 11 is 0. The van der Waals surface area contributed by atoms with Gasteiger partial charge < -0.3 is 9.80 Å². The SMILES string of the molecule is Cc1nc(-c2cccnc2)nc(N2CCCN(C(=O)c3cccc(F)c3)CC2)c1C. The number of carbonyl (C=O) groups is 1. The van der Waals surface area contributed by atoms with Gasteiger partial charge in [-0.2, -0.15) is 0 Å². The highest BCUT2D eigenvalue weighted by Gasteiger charge is 2.23. The van der Waals surface area contributed by atoms with E-state index in [1.54, 1.807) is 29.4 Å². The average Bonchev–Trinajstić information content (AvgIpc) is 3.02. The molecule has 0 unspecified atom stereocenters. The van der Waals surface area contributed by atoms with Crippen LogP contribution in [0.2, 0.25) is 0 Å². The Morgan fingerprint density at radius 1 is 1.03 bits per heavy atom. The van der Waals surface area contributed by atoms with Gasteiger partial charge in [0.05, 0.1) is 0 Å². The molecule has 0 N–H and O–H groups in total. The molecule has 154 valence electrons. The number of aryl methyl sites for hydroxylation is 1. The minimum absolute atomic E-state index is 0.136. The molecule has 1 aromatic carbocycles. The Balaban J connectivity index is 1.56. The monoisotopic (exact) mass is 405 g/mol. The standard InChI is InChI=1S/C23H24FN5O/c1-16-17(2)26-21(19-7-4-9-25-15-19)27-22(16)28-10-5-11-29(13-12-28)23(30)18-6-3-8-20(24)14-18/h3-4,6-9,14-15H,5,10-13H2,1-2H3. The highest BCUT2D eigenvalue weighted by molar-refractivity contribution is 5.94. The van der Waals surface area contributed by atoms with Crippen molar-refractivity contribution in [3.05, 3.63) is 71.4 Å². The molecule has 1 fully saturated rings. The molecule has 4 rings (SSSR count). The van der Waals surface area contributed by atoms with E-state index >= 15 is 0 Å². The van der Waals surface area contributed by atoms with Gasteiger partial charge in [0, 0.05) is 61.0 Å². The summed E-state index contributed by atoms with van der Waals surface area (Å²) in [5.74, 6) is 1.01. The number of hydrogen-bond acceptors (Lipinski definition) is 5. The zero-order chi connectivity index (χ0) is 21.1. The van der Waals surface area contributed by atoms with Crippen molar-refractivity contribution in [3.8, 4) is 11.4 Å². The Hall–Kier alpha value is -3.35. The van der Waals surface area contributed by atoms with E-state index in [2.05, 4.69) is 14.9 Å². The third kappa shape index (κ3) is 4.15. The van der Waals surface area contributed by atoms with E-state index in [4.69, 9.17) is 4.98 Å². The molecular formula is C23H24FN5O. The van der Waals surface area contributed by atoms with Crippen LogP contribution in [0.25, 0.3) is 11.4 Å². The Labute approximate surface area is 175 Å². The summed E-state index contributed by atoms with van der Waals surface area (Å²) in [5.41, 5.74) is 3.22. The van der Waals surface area contributed by atoms with Gasteiger partial charge in [0.25, 0.3) is 5.91 Å². The van der Waals surface area contributed by atoms with Crippen LogP contribution in [0.4, 0.5) is 10.2 Å². The third-order valence-corrected chi connectivity index (χ3v) is 5.44. The van der Waals surface area contributed by atoms with E-state index in [-0.39, 0.29) is 5.91 Å². The molecule has 1 saturated heterocycles. The second-order valence-electron chi connectivity index (χ2n) is 7.47. The molecule has 0 atom stereocenters. The van der Waals surface area contributed by atoms with Gasteiger partial charge in [0.1, 0.15) is 11.6 Å². The fourth-order valence-electron chi connectivity index (χ4n) is 3.68. The van der Waals surface area contributed by atoms with Gasteiger partial charge in [-0.25, -0.2) is 14.4 Å². The third-order valence-electron chi connectivity index (χ3n) is 5.44. The highest BCUT2D eigenvalue weighted by atomic mass is 19.1. The maximum Gasteiger partial charge on any atom is 0.254 e. The summed E-state index contributed by atoms with van der Waals surface area (Å²) in [6.07, 6.45) is 4.30. The number of aromatic nitrogens is 3. The van der Waals surface area contributed by atoms with E-state index in [1.807, 2.05) is 26.0 Å². The summed E-state index contributed by atoms with van der Waals surface area (Å²) < 4.78 is 13.5. The van der Waals surface area contributed by atoms with Crippen molar-refractivity contribution in [2.24, 2.45) is 0 Å². The molecule has 1 amide bonds. The van der Waals surface area contributed by atoms with Crippen LogP contribution in [0.3, 0.4) is 0 Å². The van der Waals surface area contributed by atoms with Gasteiger partial charge in [-0.1, -0.05) is 6.07 Å². The van der Waals surface area contributed by atoms with Gasteiger partial charge in [0.15, 0.2) is 5.82 Å². The van der Waals surface area contributed by atoms with E-state index < -0.39 is 5.82 Å². The lowest BCUT2D eigenvalue weighted by molar-refractivity contribution is 0.0766. The predicted octanol–water partition coefficient (Wildman–Crippen LogP) is 3.65. The van der Waals surface area contributed by atoms with E-state index in [1.165, 1.54) is 12.1 Å². The molecule has 7 heteroatoms. The normalized spacial score (nSPS) is 14.5. The number of amides is 1. The smallest absolute Gasteiger partial charge is 0.254 e. The molecule has 3 aromatic rings. The minimum atomic E-state index is -0.396. The van der Waals surface area contributed by atoms with Crippen molar-refractivity contribution >= 4 is 11.7 Å². The van der Waals surface area contributed by atoms with Gasteiger partial charge in [-0.05, 0) is 50.6 Å². The number of rotatable bonds is 3. The fraction of sp³-hybridized carbons (Fsp3) is 0.304. The summed E-state index contributed by atoms with van der Waals surface area (Å²) in [6.45, 7) is 6.64. The van der Waals surface area contributed by atoms with Crippen molar-refractivity contribution < 1.29 is 9.18 Å². The summed E-state index contributed by atoms with van der Waals surface area (Å²) in [4.78, 5) is 30.5. The quantitative estimate of drug-likeness (QED) is 0.666. The first-order chi connectivity index (χ1) is 14.5. The topological polar surface area (TPSA) is 62.2 Å². The van der Waals surface area contributed by atoms with Crippen LogP contribution in [0.5, 0.6) is 0 Å². The Morgan fingerprint density at radius 3 is 2.67 bits per heavy atom. The van der Waals surface area contributed by atoms with Crippen molar-refractivity contribution in [1.82, 2.24) is 19.9 Å². The lowest BCUT2D eigenvalue weighted by Gasteiger charge is -2.25. The van der Waals surface area contributed by atoms with Gasteiger partial charge >= 0.3 is 0 Å². The van der Waals surface area contributed by atoms with Crippen LogP contribution in [0.1, 0.15) is 28.0 Å². The molecule has 1 aliphatic rings. The van der Waals surface area contributed by atoms with Gasteiger partial charge in [-0.3, -0.25) is 9.78 Å². The second-order valence-corrected chi connectivity index (χ2v) is 7.47. The molecule has 0 radical (unpaired) electrons.